The first kappa shape index (κ1) is 18.3. The van der Waals surface area contributed by atoms with E-state index in [0.717, 1.165) is 12.8 Å². The van der Waals surface area contributed by atoms with Gasteiger partial charge in [-0.25, -0.2) is 4.79 Å². The molecule has 5 heteroatoms. The fraction of sp³-hybridized carbons (Fsp3) is 0.588. The second-order valence-electron chi connectivity index (χ2n) is 5.72. The van der Waals surface area contributed by atoms with Gasteiger partial charge in [0, 0.05) is 6.54 Å². The monoisotopic (exact) mass is 308 g/mol. The topological polar surface area (TPSA) is 70.6 Å². The van der Waals surface area contributed by atoms with Crippen molar-refractivity contribution in [2.45, 2.75) is 46.1 Å². The maximum Gasteiger partial charge on any atom is 0.319 e. The van der Waals surface area contributed by atoms with Crippen LogP contribution in [0.1, 0.15) is 40.0 Å². The van der Waals surface area contributed by atoms with Gasteiger partial charge in [-0.3, -0.25) is 0 Å². The van der Waals surface area contributed by atoms with Crippen LogP contribution in [0.2, 0.25) is 0 Å². The number of aliphatic hydroxyl groups is 1. The highest BCUT2D eigenvalue weighted by atomic mass is 16.5. The number of aliphatic hydroxyl groups excluding tert-OH is 1. The lowest BCUT2D eigenvalue weighted by atomic mass is 10.1. The Hall–Kier alpha value is -1.75. The lowest BCUT2D eigenvalue weighted by Crippen LogP contribution is -2.33. The van der Waals surface area contributed by atoms with Crippen molar-refractivity contribution in [1.82, 2.24) is 5.32 Å². The third kappa shape index (κ3) is 7.31. The second-order valence-corrected chi connectivity index (χ2v) is 5.72. The third-order valence-corrected chi connectivity index (χ3v) is 3.25. The number of anilines is 1. The highest BCUT2D eigenvalue weighted by Gasteiger charge is 2.10. The largest absolute Gasteiger partial charge is 0.491 e. The summed E-state index contributed by atoms with van der Waals surface area (Å²) in [5, 5.41) is 14.9. The predicted octanol–water partition coefficient (Wildman–Crippen LogP) is 3.39. The van der Waals surface area contributed by atoms with Crippen LogP contribution in [0.3, 0.4) is 0 Å². The van der Waals surface area contributed by atoms with Crippen molar-refractivity contribution < 1.29 is 14.6 Å². The van der Waals surface area contributed by atoms with Gasteiger partial charge in [-0.1, -0.05) is 32.4 Å². The molecule has 3 N–H and O–H groups in total. The molecule has 124 valence electrons. The Morgan fingerprint density at radius 1 is 1.32 bits per heavy atom. The van der Waals surface area contributed by atoms with Crippen molar-refractivity contribution in [3.05, 3.63) is 24.3 Å². The summed E-state index contributed by atoms with van der Waals surface area (Å²) in [4.78, 5) is 11.9. The average molecular weight is 308 g/mol. The van der Waals surface area contributed by atoms with Gasteiger partial charge in [0.25, 0.3) is 0 Å². The molecule has 2 amide bonds. The van der Waals surface area contributed by atoms with Crippen molar-refractivity contribution in [2.75, 3.05) is 18.5 Å². The molecule has 2 unspecified atom stereocenters. The molecule has 0 aliphatic heterocycles. The number of hydrogen-bond acceptors (Lipinski definition) is 3. The lowest BCUT2D eigenvalue weighted by Gasteiger charge is -2.16. The standard InChI is InChI=1S/C17H28N2O3/c1-4-5-10-22-16-9-7-6-8-15(16)19-17(21)18-12-13(2)11-14(3)20/h6-9,13-14,20H,4-5,10-12H2,1-3H3,(H2,18,19,21). The van der Waals surface area contributed by atoms with Gasteiger partial charge in [0.1, 0.15) is 5.75 Å². The molecule has 2 atom stereocenters. The summed E-state index contributed by atoms with van der Waals surface area (Å²) in [7, 11) is 0. The Morgan fingerprint density at radius 3 is 2.73 bits per heavy atom. The average Bonchev–Trinajstić information content (AvgIpc) is 2.46. The number of rotatable bonds is 9. The summed E-state index contributed by atoms with van der Waals surface area (Å²) < 4.78 is 5.68. The fourth-order valence-corrected chi connectivity index (χ4v) is 2.12. The van der Waals surface area contributed by atoms with Crippen LogP contribution in [0.4, 0.5) is 10.5 Å². The van der Waals surface area contributed by atoms with E-state index in [9.17, 15) is 9.90 Å². The number of unbranched alkanes of at least 4 members (excludes halogenated alkanes) is 1. The molecule has 1 aromatic carbocycles. The van der Waals surface area contributed by atoms with Crippen molar-refractivity contribution >= 4 is 11.7 Å². The number of amides is 2. The number of ether oxygens (including phenoxy) is 1. The number of para-hydroxylation sites is 2. The zero-order valence-electron chi connectivity index (χ0n) is 13.8. The van der Waals surface area contributed by atoms with E-state index in [1.807, 2.05) is 31.2 Å². The Kier molecular flexibility index (Phi) is 8.36. The van der Waals surface area contributed by atoms with Gasteiger partial charge < -0.3 is 20.5 Å². The van der Waals surface area contributed by atoms with Crippen LogP contribution < -0.4 is 15.4 Å². The summed E-state index contributed by atoms with van der Waals surface area (Å²) in [5.74, 6) is 0.907. The summed E-state index contributed by atoms with van der Waals surface area (Å²) in [6.07, 6.45) is 2.36. The number of carbonyl (C=O) groups excluding carboxylic acids is 1. The Labute approximate surface area is 133 Å². The van der Waals surface area contributed by atoms with Crippen molar-refractivity contribution in [2.24, 2.45) is 5.92 Å². The van der Waals surface area contributed by atoms with E-state index in [0.29, 0.717) is 31.0 Å². The molecular formula is C17H28N2O3. The maximum atomic E-state index is 11.9. The molecule has 0 spiro atoms. The molecule has 1 aromatic rings. The van der Waals surface area contributed by atoms with Gasteiger partial charge in [0.2, 0.25) is 0 Å². The Balaban J connectivity index is 2.46. The number of carbonyl (C=O) groups is 1. The van der Waals surface area contributed by atoms with E-state index in [2.05, 4.69) is 17.6 Å². The molecule has 5 nitrogen and oxygen atoms in total. The SMILES string of the molecule is CCCCOc1ccccc1NC(=O)NCC(C)CC(C)O. The van der Waals surface area contributed by atoms with Gasteiger partial charge in [-0.2, -0.15) is 0 Å². The van der Waals surface area contributed by atoms with Crippen molar-refractivity contribution in [1.29, 1.82) is 0 Å². The molecule has 0 bridgehead atoms. The van der Waals surface area contributed by atoms with Gasteiger partial charge in [0.15, 0.2) is 0 Å². The molecule has 0 aliphatic rings. The van der Waals surface area contributed by atoms with Gasteiger partial charge in [0.05, 0.1) is 18.4 Å². The fourth-order valence-electron chi connectivity index (χ4n) is 2.12. The van der Waals surface area contributed by atoms with E-state index >= 15 is 0 Å². The van der Waals surface area contributed by atoms with E-state index in [1.165, 1.54) is 0 Å². The summed E-state index contributed by atoms with van der Waals surface area (Å²) >= 11 is 0. The smallest absolute Gasteiger partial charge is 0.319 e. The predicted molar refractivity (Wildman–Crippen MR) is 89.3 cm³/mol. The van der Waals surface area contributed by atoms with Gasteiger partial charge in [-0.15, -0.1) is 0 Å². The van der Waals surface area contributed by atoms with Crippen LogP contribution in [-0.2, 0) is 0 Å². The first-order chi connectivity index (χ1) is 10.5. The molecule has 0 fully saturated rings. The van der Waals surface area contributed by atoms with Crippen LogP contribution in [0.15, 0.2) is 24.3 Å². The quantitative estimate of drug-likeness (QED) is 0.612. The molecule has 22 heavy (non-hydrogen) atoms. The summed E-state index contributed by atoms with van der Waals surface area (Å²) in [5.41, 5.74) is 0.666. The van der Waals surface area contributed by atoms with Crippen molar-refractivity contribution in [3.63, 3.8) is 0 Å². The minimum atomic E-state index is -0.354. The molecule has 0 heterocycles. The summed E-state index contributed by atoms with van der Waals surface area (Å²) in [6, 6.07) is 7.15. The van der Waals surface area contributed by atoms with Crippen LogP contribution in [-0.4, -0.2) is 30.4 Å². The minimum Gasteiger partial charge on any atom is -0.491 e. The summed E-state index contributed by atoms with van der Waals surface area (Å²) in [6.45, 7) is 7.02. The van der Waals surface area contributed by atoms with Crippen LogP contribution in [0.5, 0.6) is 5.75 Å². The normalized spacial score (nSPS) is 13.3. The first-order valence-corrected chi connectivity index (χ1v) is 7.97. The highest BCUT2D eigenvalue weighted by Crippen LogP contribution is 2.23. The van der Waals surface area contributed by atoms with Crippen LogP contribution in [0.25, 0.3) is 0 Å². The van der Waals surface area contributed by atoms with E-state index < -0.39 is 0 Å². The molecule has 0 saturated heterocycles. The molecule has 0 aromatic heterocycles. The number of nitrogens with one attached hydrogen (secondary N) is 2. The number of hydrogen-bond donors (Lipinski definition) is 3. The zero-order chi connectivity index (χ0) is 16.4. The Morgan fingerprint density at radius 2 is 2.05 bits per heavy atom. The zero-order valence-corrected chi connectivity index (χ0v) is 13.8. The Bertz CT molecular complexity index is 449. The number of benzene rings is 1. The molecule has 1 rings (SSSR count). The van der Waals surface area contributed by atoms with Crippen LogP contribution >= 0.6 is 0 Å². The highest BCUT2D eigenvalue weighted by molar-refractivity contribution is 5.90. The lowest BCUT2D eigenvalue weighted by molar-refractivity contribution is 0.163. The first-order valence-electron chi connectivity index (χ1n) is 7.97. The van der Waals surface area contributed by atoms with E-state index in [-0.39, 0.29) is 18.1 Å². The van der Waals surface area contributed by atoms with Crippen LogP contribution in [0, 0.1) is 5.92 Å². The number of urea groups is 1. The molecule has 0 radical (unpaired) electrons. The van der Waals surface area contributed by atoms with Gasteiger partial charge in [-0.05, 0) is 37.8 Å². The molecule has 0 saturated carbocycles. The van der Waals surface area contributed by atoms with E-state index in [4.69, 9.17) is 4.74 Å². The van der Waals surface area contributed by atoms with Gasteiger partial charge >= 0.3 is 6.03 Å². The van der Waals surface area contributed by atoms with Crippen molar-refractivity contribution in [3.8, 4) is 5.75 Å². The maximum absolute atomic E-state index is 11.9. The van der Waals surface area contributed by atoms with E-state index in [1.54, 1.807) is 6.92 Å². The third-order valence-electron chi connectivity index (χ3n) is 3.25. The minimum absolute atomic E-state index is 0.224. The second kappa shape index (κ2) is 10.1. The molecular weight excluding hydrogens is 280 g/mol. The molecule has 0 aliphatic carbocycles.